The molecule has 192 valence electrons. The van der Waals surface area contributed by atoms with Gasteiger partial charge < -0.3 is 9.84 Å². The molecule has 7 nitrogen and oxygen atoms in total. The Bertz CT molecular complexity index is 1270. The Hall–Kier alpha value is -2.78. The third kappa shape index (κ3) is 5.78. The summed E-state index contributed by atoms with van der Waals surface area (Å²) in [6, 6.07) is 16.8. The summed E-state index contributed by atoms with van der Waals surface area (Å²) in [6.07, 6.45) is 3.30. The van der Waals surface area contributed by atoms with E-state index in [0.29, 0.717) is 12.3 Å². The van der Waals surface area contributed by atoms with Crippen molar-refractivity contribution in [2.75, 3.05) is 26.7 Å². The molecule has 0 aliphatic carbocycles. The van der Waals surface area contributed by atoms with Crippen LogP contribution < -0.4 is 4.74 Å². The molecule has 0 fully saturated rings. The van der Waals surface area contributed by atoms with Crippen LogP contribution in [0.3, 0.4) is 0 Å². The number of ether oxygens (including phenoxy) is 1. The Balaban J connectivity index is 1.72. The smallest absolute Gasteiger partial charge is 0.247 e. The Morgan fingerprint density at radius 1 is 1.11 bits per heavy atom. The molecule has 0 spiro atoms. The van der Waals surface area contributed by atoms with Crippen molar-refractivity contribution in [2.45, 2.75) is 44.4 Å². The lowest BCUT2D eigenvalue weighted by Crippen LogP contribution is -2.49. The number of hydrogen-bond donors (Lipinski definition) is 1. The van der Waals surface area contributed by atoms with Crippen LogP contribution in [0.2, 0.25) is 0 Å². The average Bonchev–Trinajstić information content (AvgIpc) is 2.86. The van der Waals surface area contributed by atoms with E-state index >= 15 is 0 Å². The van der Waals surface area contributed by atoms with Gasteiger partial charge in [0.15, 0.2) is 0 Å². The maximum absolute atomic E-state index is 13.7. The number of rotatable bonds is 7. The van der Waals surface area contributed by atoms with E-state index in [1.807, 2.05) is 69.4 Å². The molecule has 2 heterocycles. The molecule has 3 aromatic rings. The fourth-order valence-electron chi connectivity index (χ4n) is 4.54. The summed E-state index contributed by atoms with van der Waals surface area (Å²) in [5, 5.41) is 9.86. The second-order valence-corrected chi connectivity index (χ2v) is 11.7. The number of likely N-dealkylation sites (N-methyl/N-ethyl adjacent to an activating group) is 1. The van der Waals surface area contributed by atoms with Crippen molar-refractivity contribution in [2.24, 2.45) is 5.92 Å². The van der Waals surface area contributed by atoms with Gasteiger partial charge >= 0.3 is 0 Å². The summed E-state index contributed by atoms with van der Waals surface area (Å²) in [7, 11) is -1.83. The van der Waals surface area contributed by atoms with Crippen molar-refractivity contribution in [1.82, 2.24) is 14.2 Å². The van der Waals surface area contributed by atoms with Gasteiger partial charge in [-0.2, -0.15) is 4.31 Å². The summed E-state index contributed by atoms with van der Waals surface area (Å²) in [5.74, 6) is 0.238. The van der Waals surface area contributed by atoms with Gasteiger partial charge in [0.2, 0.25) is 10.0 Å². The number of benzene rings is 2. The van der Waals surface area contributed by atoms with Gasteiger partial charge in [-0.15, -0.1) is 0 Å². The van der Waals surface area contributed by atoms with E-state index in [4.69, 9.17) is 4.74 Å². The second kappa shape index (κ2) is 11.1. The molecule has 0 saturated carbocycles. The first kappa shape index (κ1) is 26.3. The predicted molar refractivity (Wildman–Crippen MR) is 141 cm³/mol. The van der Waals surface area contributed by atoms with E-state index in [1.165, 1.54) is 4.31 Å². The van der Waals surface area contributed by atoms with Crippen LogP contribution in [0.1, 0.15) is 25.0 Å². The number of hydrogen-bond acceptors (Lipinski definition) is 6. The number of sulfonamides is 1. The summed E-state index contributed by atoms with van der Waals surface area (Å²) < 4.78 is 35.3. The van der Waals surface area contributed by atoms with Crippen LogP contribution >= 0.6 is 0 Å². The van der Waals surface area contributed by atoms with E-state index in [0.717, 1.165) is 28.8 Å². The highest BCUT2D eigenvalue weighted by molar-refractivity contribution is 7.89. The standard InChI is InChI=1S/C28H35N3O4S/c1-20-5-7-24(8-6-20)25-9-10-28-26(15-25)35-27(18-30(4)17-23-11-13-29-14-12-23)21(2)16-31(22(3)19-32)36(28,33)34/h5-15,21-22,27,32H,16-19H2,1-4H3/t21-,22+,27+/m1/s1. The van der Waals surface area contributed by atoms with Crippen molar-refractivity contribution >= 4 is 10.0 Å². The van der Waals surface area contributed by atoms with Crippen molar-refractivity contribution < 1.29 is 18.3 Å². The summed E-state index contributed by atoms with van der Waals surface area (Å²) in [6.45, 7) is 7.11. The molecule has 0 radical (unpaired) electrons. The Labute approximate surface area is 214 Å². The Morgan fingerprint density at radius 3 is 2.44 bits per heavy atom. The minimum atomic E-state index is -3.87. The molecule has 0 saturated heterocycles. The fourth-order valence-corrected chi connectivity index (χ4v) is 6.37. The fraction of sp³-hybridized carbons (Fsp3) is 0.393. The summed E-state index contributed by atoms with van der Waals surface area (Å²) in [4.78, 5) is 6.39. The van der Waals surface area contributed by atoms with Crippen LogP contribution in [0.15, 0.2) is 71.9 Å². The van der Waals surface area contributed by atoms with E-state index in [2.05, 4.69) is 9.88 Å². The van der Waals surface area contributed by atoms with Crippen LogP contribution in [-0.2, 0) is 16.6 Å². The van der Waals surface area contributed by atoms with Crippen molar-refractivity contribution in [3.8, 4) is 16.9 Å². The highest BCUT2D eigenvalue weighted by Gasteiger charge is 2.38. The Morgan fingerprint density at radius 2 is 1.78 bits per heavy atom. The number of nitrogens with zero attached hydrogens (tertiary/aromatic N) is 3. The van der Waals surface area contributed by atoms with Gasteiger partial charge in [0.05, 0.1) is 6.61 Å². The summed E-state index contributed by atoms with van der Waals surface area (Å²) in [5.41, 5.74) is 4.18. The van der Waals surface area contributed by atoms with E-state index in [1.54, 1.807) is 25.4 Å². The SMILES string of the molecule is Cc1ccc(-c2ccc3c(c2)O[C@@H](CN(C)Cc2ccncc2)[C@H](C)CN([C@@H](C)CO)S3(=O)=O)cc1. The number of fused-ring (bicyclic) bond motifs is 1. The lowest BCUT2D eigenvalue weighted by atomic mass is 10.0. The molecule has 0 unspecified atom stereocenters. The molecule has 1 N–H and O–H groups in total. The number of aliphatic hydroxyl groups excluding tert-OH is 1. The van der Waals surface area contributed by atoms with E-state index in [-0.39, 0.29) is 30.1 Å². The first-order valence-electron chi connectivity index (χ1n) is 12.3. The quantitative estimate of drug-likeness (QED) is 0.519. The molecule has 1 aliphatic rings. The zero-order valence-corrected chi connectivity index (χ0v) is 22.1. The van der Waals surface area contributed by atoms with Gasteiger partial charge in [0.1, 0.15) is 16.7 Å². The molecule has 8 heteroatoms. The maximum atomic E-state index is 13.7. The van der Waals surface area contributed by atoms with Crippen LogP contribution in [0.4, 0.5) is 0 Å². The van der Waals surface area contributed by atoms with E-state index < -0.39 is 16.1 Å². The van der Waals surface area contributed by atoms with Crippen LogP contribution in [0.25, 0.3) is 11.1 Å². The maximum Gasteiger partial charge on any atom is 0.247 e. The molecule has 1 aliphatic heterocycles. The zero-order valence-electron chi connectivity index (χ0n) is 21.3. The minimum Gasteiger partial charge on any atom is -0.487 e. The molecule has 0 amide bonds. The summed E-state index contributed by atoms with van der Waals surface area (Å²) >= 11 is 0. The second-order valence-electron chi connectivity index (χ2n) is 9.82. The zero-order chi connectivity index (χ0) is 25.9. The van der Waals surface area contributed by atoms with Crippen LogP contribution in [0.5, 0.6) is 5.75 Å². The van der Waals surface area contributed by atoms with Crippen LogP contribution in [0, 0.1) is 12.8 Å². The number of aliphatic hydroxyl groups is 1. The van der Waals surface area contributed by atoms with Crippen molar-refractivity contribution in [3.63, 3.8) is 0 Å². The highest BCUT2D eigenvalue weighted by atomic mass is 32.2. The van der Waals surface area contributed by atoms with Crippen LogP contribution in [-0.4, -0.2) is 66.6 Å². The highest BCUT2D eigenvalue weighted by Crippen LogP contribution is 2.36. The molecular weight excluding hydrogens is 474 g/mol. The van der Waals surface area contributed by atoms with Crippen molar-refractivity contribution in [1.29, 1.82) is 0 Å². The van der Waals surface area contributed by atoms with Crippen molar-refractivity contribution in [3.05, 3.63) is 78.1 Å². The third-order valence-corrected chi connectivity index (χ3v) is 8.77. The molecule has 4 rings (SSSR count). The number of aryl methyl sites for hydroxylation is 1. The lowest BCUT2D eigenvalue weighted by Gasteiger charge is -2.37. The third-order valence-electron chi connectivity index (χ3n) is 6.75. The first-order chi connectivity index (χ1) is 17.2. The van der Waals surface area contributed by atoms with Gasteiger partial charge in [0.25, 0.3) is 0 Å². The van der Waals surface area contributed by atoms with Gasteiger partial charge in [-0.05, 0) is 61.9 Å². The molecule has 36 heavy (non-hydrogen) atoms. The van der Waals surface area contributed by atoms with Gasteiger partial charge in [-0.1, -0.05) is 42.8 Å². The molecule has 0 bridgehead atoms. The van der Waals surface area contributed by atoms with Gasteiger partial charge in [0, 0.05) is 44.0 Å². The molecule has 1 aromatic heterocycles. The average molecular weight is 510 g/mol. The number of pyridine rings is 1. The molecular formula is C28H35N3O4S. The minimum absolute atomic E-state index is 0.107. The van der Waals surface area contributed by atoms with E-state index in [9.17, 15) is 13.5 Å². The largest absolute Gasteiger partial charge is 0.487 e. The van der Waals surface area contributed by atoms with Gasteiger partial charge in [-0.25, -0.2) is 8.42 Å². The lowest BCUT2D eigenvalue weighted by molar-refractivity contribution is 0.0734. The first-order valence-corrected chi connectivity index (χ1v) is 13.7. The number of aromatic nitrogens is 1. The molecule has 3 atom stereocenters. The molecule has 2 aromatic carbocycles. The predicted octanol–water partition coefficient (Wildman–Crippen LogP) is 3.96. The normalized spacial score (nSPS) is 20.7. The monoisotopic (exact) mass is 509 g/mol. The topological polar surface area (TPSA) is 83.0 Å². The van der Waals surface area contributed by atoms with Gasteiger partial charge in [-0.3, -0.25) is 9.88 Å². The Kier molecular flexibility index (Phi) is 8.10.